The first kappa shape index (κ1) is 13.9. The first-order chi connectivity index (χ1) is 7.57. The van der Waals surface area contributed by atoms with Gasteiger partial charge in [-0.25, -0.2) is 13.1 Å². The molecule has 0 saturated carbocycles. The Hall–Kier alpha value is -0.130. The Bertz CT molecular complexity index is 280. The number of nitrogens with one attached hydrogen (secondary N) is 2. The molecule has 1 saturated heterocycles. The Kier molecular flexibility index (Phi) is 5.72. The van der Waals surface area contributed by atoms with Crippen molar-refractivity contribution in [3.63, 3.8) is 0 Å². The van der Waals surface area contributed by atoms with Crippen molar-refractivity contribution in [2.24, 2.45) is 0 Å². The van der Waals surface area contributed by atoms with E-state index in [9.17, 15) is 8.42 Å². The van der Waals surface area contributed by atoms with Gasteiger partial charge in [0.05, 0.1) is 5.75 Å². The van der Waals surface area contributed by atoms with Crippen molar-refractivity contribution in [1.29, 1.82) is 0 Å². The van der Waals surface area contributed by atoms with Crippen LogP contribution in [0.1, 0.15) is 46.0 Å². The highest BCUT2D eigenvalue weighted by Crippen LogP contribution is 2.09. The third-order valence-electron chi connectivity index (χ3n) is 3.16. The van der Waals surface area contributed by atoms with Crippen molar-refractivity contribution in [3.8, 4) is 0 Å². The lowest BCUT2D eigenvalue weighted by atomic mass is 10.1. The normalized spacial score (nSPS) is 22.6. The number of hydrogen-bond donors (Lipinski definition) is 2. The second-order valence-corrected chi connectivity index (χ2v) is 6.36. The minimum Gasteiger partial charge on any atom is -0.313 e. The Labute approximate surface area is 99.2 Å². The maximum absolute atomic E-state index is 11.9. The summed E-state index contributed by atoms with van der Waals surface area (Å²) < 4.78 is 26.5. The third-order valence-corrected chi connectivity index (χ3v) is 4.70. The van der Waals surface area contributed by atoms with E-state index in [4.69, 9.17) is 0 Å². The SMILES string of the molecule is CCC(CC)NS(=O)(=O)CC1CCCCN1. The number of rotatable bonds is 6. The number of piperidine rings is 1. The van der Waals surface area contributed by atoms with Crippen LogP contribution in [0.15, 0.2) is 0 Å². The van der Waals surface area contributed by atoms with E-state index in [0.29, 0.717) is 0 Å². The van der Waals surface area contributed by atoms with Gasteiger partial charge in [-0.15, -0.1) is 0 Å². The Morgan fingerprint density at radius 3 is 2.50 bits per heavy atom. The molecule has 96 valence electrons. The van der Waals surface area contributed by atoms with E-state index in [0.717, 1.165) is 38.6 Å². The summed E-state index contributed by atoms with van der Waals surface area (Å²) in [7, 11) is -3.12. The van der Waals surface area contributed by atoms with Crippen LogP contribution in [-0.4, -0.2) is 32.8 Å². The van der Waals surface area contributed by atoms with E-state index in [1.54, 1.807) is 0 Å². The van der Waals surface area contributed by atoms with Gasteiger partial charge in [-0.2, -0.15) is 0 Å². The molecule has 0 spiro atoms. The predicted molar refractivity (Wildman–Crippen MR) is 66.9 cm³/mol. The topological polar surface area (TPSA) is 58.2 Å². The highest BCUT2D eigenvalue weighted by atomic mass is 32.2. The molecule has 0 aromatic rings. The second-order valence-electron chi connectivity index (χ2n) is 4.56. The fraction of sp³-hybridized carbons (Fsp3) is 1.00. The van der Waals surface area contributed by atoms with Crippen molar-refractivity contribution in [2.45, 2.75) is 58.0 Å². The molecule has 2 N–H and O–H groups in total. The van der Waals surface area contributed by atoms with E-state index in [-0.39, 0.29) is 17.8 Å². The van der Waals surface area contributed by atoms with Crippen molar-refractivity contribution >= 4 is 10.0 Å². The highest BCUT2D eigenvalue weighted by molar-refractivity contribution is 7.89. The molecule has 1 unspecified atom stereocenters. The zero-order chi connectivity index (χ0) is 12.0. The van der Waals surface area contributed by atoms with Crippen molar-refractivity contribution in [1.82, 2.24) is 10.0 Å². The number of hydrogen-bond acceptors (Lipinski definition) is 3. The summed E-state index contributed by atoms with van der Waals surface area (Å²) >= 11 is 0. The van der Waals surface area contributed by atoms with Crippen molar-refractivity contribution < 1.29 is 8.42 Å². The molecule has 0 bridgehead atoms. The summed E-state index contributed by atoms with van der Waals surface area (Å²) in [5, 5.41) is 3.27. The highest BCUT2D eigenvalue weighted by Gasteiger charge is 2.22. The van der Waals surface area contributed by atoms with Gasteiger partial charge in [-0.05, 0) is 32.2 Å². The van der Waals surface area contributed by atoms with Gasteiger partial charge in [0.1, 0.15) is 0 Å². The molecule has 1 aliphatic heterocycles. The first-order valence-corrected chi connectivity index (χ1v) is 7.96. The summed E-state index contributed by atoms with van der Waals surface area (Å²) in [5.74, 6) is 0.226. The minimum atomic E-state index is -3.12. The standard InChI is InChI=1S/C11H24N2O2S/c1-3-10(4-2)13-16(14,15)9-11-7-5-6-8-12-11/h10-13H,3-9H2,1-2H3. The van der Waals surface area contributed by atoms with E-state index in [1.165, 1.54) is 0 Å². The Morgan fingerprint density at radius 1 is 1.31 bits per heavy atom. The van der Waals surface area contributed by atoms with E-state index < -0.39 is 10.0 Å². The summed E-state index contributed by atoms with van der Waals surface area (Å²) in [6.45, 7) is 4.97. The summed E-state index contributed by atoms with van der Waals surface area (Å²) in [6, 6.07) is 0.231. The lowest BCUT2D eigenvalue weighted by molar-refractivity contribution is 0.420. The molecule has 0 amide bonds. The molecule has 1 atom stereocenters. The lowest BCUT2D eigenvalue weighted by Crippen LogP contribution is -2.44. The molecule has 0 radical (unpaired) electrons. The second kappa shape index (κ2) is 6.57. The smallest absolute Gasteiger partial charge is 0.213 e. The Morgan fingerprint density at radius 2 is 2.00 bits per heavy atom. The van der Waals surface area contributed by atoms with Gasteiger partial charge in [-0.1, -0.05) is 20.3 Å². The summed E-state index contributed by atoms with van der Waals surface area (Å²) in [5.41, 5.74) is 0. The van der Waals surface area contributed by atoms with Crippen LogP contribution >= 0.6 is 0 Å². The average Bonchev–Trinajstić information content (AvgIpc) is 2.26. The van der Waals surface area contributed by atoms with Gasteiger partial charge in [-0.3, -0.25) is 0 Å². The van der Waals surface area contributed by atoms with E-state index in [2.05, 4.69) is 10.0 Å². The monoisotopic (exact) mass is 248 g/mol. The fourth-order valence-electron chi connectivity index (χ4n) is 2.09. The van der Waals surface area contributed by atoms with Gasteiger partial charge in [0.2, 0.25) is 10.0 Å². The largest absolute Gasteiger partial charge is 0.313 e. The van der Waals surface area contributed by atoms with Crippen molar-refractivity contribution in [2.75, 3.05) is 12.3 Å². The molecule has 0 aromatic carbocycles. The molecule has 1 aliphatic rings. The van der Waals surface area contributed by atoms with Crippen LogP contribution in [0.25, 0.3) is 0 Å². The molecule has 1 fully saturated rings. The molecule has 0 aliphatic carbocycles. The molecule has 0 aromatic heterocycles. The molecule has 4 nitrogen and oxygen atoms in total. The van der Waals surface area contributed by atoms with Gasteiger partial charge >= 0.3 is 0 Å². The van der Waals surface area contributed by atoms with Crippen LogP contribution in [0.2, 0.25) is 0 Å². The quantitative estimate of drug-likeness (QED) is 0.743. The van der Waals surface area contributed by atoms with Crippen LogP contribution in [0.4, 0.5) is 0 Å². The van der Waals surface area contributed by atoms with E-state index >= 15 is 0 Å². The molecule has 5 heteroatoms. The third kappa shape index (κ3) is 4.80. The number of sulfonamides is 1. The zero-order valence-corrected chi connectivity index (χ0v) is 11.1. The summed E-state index contributed by atoms with van der Waals surface area (Å²) in [6.07, 6.45) is 4.99. The van der Waals surface area contributed by atoms with Gasteiger partial charge < -0.3 is 5.32 Å². The van der Waals surface area contributed by atoms with Gasteiger partial charge in [0.15, 0.2) is 0 Å². The van der Waals surface area contributed by atoms with Crippen LogP contribution in [-0.2, 0) is 10.0 Å². The molecule has 1 heterocycles. The first-order valence-electron chi connectivity index (χ1n) is 6.30. The van der Waals surface area contributed by atoms with Crippen LogP contribution < -0.4 is 10.0 Å². The lowest BCUT2D eigenvalue weighted by Gasteiger charge is -2.24. The maximum atomic E-state index is 11.9. The minimum absolute atomic E-state index is 0.0913. The van der Waals surface area contributed by atoms with E-state index in [1.807, 2.05) is 13.8 Å². The molecular formula is C11H24N2O2S. The Balaban J connectivity index is 2.43. The van der Waals surface area contributed by atoms with Gasteiger partial charge in [0, 0.05) is 12.1 Å². The zero-order valence-electron chi connectivity index (χ0n) is 10.3. The van der Waals surface area contributed by atoms with Crippen LogP contribution in [0, 0.1) is 0 Å². The van der Waals surface area contributed by atoms with Crippen LogP contribution in [0.3, 0.4) is 0 Å². The van der Waals surface area contributed by atoms with Crippen LogP contribution in [0.5, 0.6) is 0 Å². The van der Waals surface area contributed by atoms with Gasteiger partial charge in [0.25, 0.3) is 0 Å². The average molecular weight is 248 g/mol. The molecule has 16 heavy (non-hydrogen) atoms. The molecular weight excluding hydrogens is 224 g/mol. The fourth-order valence-corrected chi connectivity index (χ4v) is 3.84. The maximum Gasteiger partial charge on any atom is 0.213 e. The summed E-state index contributed by atoms with van der Waals surface area (Å²) in [4.78, 5) is 0. The molecule has 1 rings (SSSR count). The van der Waals surface area contributed by atoms with Crippen molar-refractivity contribution in [3.05, 3.63) is 0 Å². The predicted octanol–water partition coefficient (Wildman–Crippen LogP) is 1.24.